The lowest BCUT2D eigenvalue weighted by Gasteiger charge is -2.28. The summed E-state index contributed by atoms with van der Waals surface area (Å²) in [7, 11) is 0. The Bertz CT molecular complexity index is 1080. The SMILES string of the molecule is Cc1sc(-c2n[nH]c3ccccc23)nc1-c1ccc(N2CCOCC2)cc1. The van der Waals surface area contributed by atoms with Gasteiger partial charge in [0.05, 0.1) is 24.4 Å². The quantitative estimate of drug-likeness (QED) is 0.572. The fourth-order valence-corrected chi connectivity index (χ4v) is 4.48. The number of hydrogen-bond donors (Lipinski definition) is 1. The number of thiazole rings is 1. The van der Waals surface area contributed by atoms with Gasteiger partial charge >= 0.3 is 0 Å². The summed E-state index contributed by atoms with van der Waals surface area (Å²) in [5, 5.41) is 9.66. The van der Waals surface area contributed by atoms with Crippen molar-refractivity contribution in [3.63, 3.8) is 0 Å². The first kappa shape index (κ1) is 16.5. The molecule has 0 bridgehead atoms. The molecule has 1 N–H and O–H groups in total. The number of para-hydroxylation sites is 1. The van der Waals surface area contributed by atoms with Gasteiger partial charge in [0, 0.05) is 34.6 Å². The molecule has 5 rings (SSSR count). The van der Waals surface area contributed by atoms with Crippen LogP contribution in [0.2, 0.25) is 0 Å². The number of aryl methyl sites for hydroxylation is 1. The molecular formula is C21H20N4OS. The Labute approximate surface area is 161 Å². The Morgan fingerprint density at radius 3 is 2.59 bits per heavy atom. The number of anilines is 1. The smallest absolute Gasteiger partial charge is 0.145 e. The highest BCUT2D eigenvalue weighted by Crippen LogP contribution is 2.35. The van der Waals surface area contributed by atoms with Crippen LogP contribution in [0.15, 0.2) is 48.5 Å². The van der Waals surface area contributed by atoms with Gasteiger partial charge in [-0.15, -0.1) is 11.3 Å². The second-order valence-corrected chi connectivity index (χ2v) is 7.89. The van der Waals surface area contributed by atoms with Gasteiger partial charge in [0.1, 0.15) is 10.7 Å². The number of hydrogen-bond acceptors (Lipinski definition) is 5. The third-order valence-corrected chi connectivity index (χ3v) is 5.96. The van der Waals surface area contributed by atoms with E-state index in [0.717, 1.165) is 59.2 Å². The van der Waals surface area contributed by atoms with Crippen LogP contribution in [0.4, 0.5) is 5.69 Å². The zero-order valence-corrected chi connectivity index (χ0v) is 15.9. The molecule has 0 saturated carbocycles. The number of benzene rings is 2. The van der Waals surface area contributed by atoms with Gasteiger partial charge < -0.3 is 9.64 Å². The normalized spacial score (nSPS) is 14.8. The Balaban J connectivity index is 1.47. The van der Waals surface area contributed by atoms with E-state index in [9.17, 15) is 0 Å². The van der Waals surface area contributed by atoms with E-state index in [1.807, 2.05) is 18.2 Å². The van der Waals surface area contributed by atoms with Gasteiger partial charge in [-0.25, -0.2) is 4.98 Å². The maximum Gasteiger partial charge on any atom is 0.145 e. The van der Waals surface area contributed by atoms with Crippen LogP contribution < -0.4 is 4.90 Å². The Kier molecular flexibility index (Phi) is 4.14. The molecule has 5 nitrogen and oxygen atoms in total. The summed E-state index contributed by atoms with van der Waals surface area (Å²) in [5.74, 6) is 0. The molecule has 1 aliphatic heterocycles. The molecule has 136 valence electrons. The number of aromatic amines is 1. The number of nitrogens with one attached hydrogen (secondary N) is 1. The maximum atomic E-state index is 5.44. The van der Waals surface area contributed by atoms with Crippen molar-refractivity contribution in [1.82, 2.24) is 15.2 Å². The zero-order valence-electron chi connectivity index (χ0n) is 15.1. The van der Waals surface area contributed by atoms with E-state index >= 15 is 0 Å². The molecule has 0 atom stereocenters. The minimum absolute atomic E-state index is 0.800. The third kappa shape index (κ3) is 3.01. The number of H-pyrrole nitrogens is 1. The van der Waals surface area contributed by atoms with E-state index in [0.29, 0.717) is 0 Å². The molecule has 2 aromatic heterocycles. The fraction of sp³-hybridized carbons (Fsp3) is 0.238. The van der Waals surface area contributed by atoms with Crippen LogP contribution >= 0.6 is 11.3 Å². The monoisotopic (exact) mass is 376 g/mol. The van der Waals surface area contributed by atoms with Crippen molar-refractivity contribution >= 4 is 27.9 Å². The molecule has 27 heavy (non-hydrogen) atoms. The molecule has 0 aliphatic carbocycles. The van der Waals surface area contributed by atoms with Crippen LogP contribution in [0.5, 0.6) is 0 Å². The van der Waals surface area contributed by atoms with E-state index in [1.54, 1.807) is 11.3 Å². The van der Waals surface area contributed by atoms with Gasteiger partial charge in [-0.1, -0.05) is 30.3 Å². The molecule has 3 heterocycles. The molecule has 1 fully saturated rings. The van der Waals surface area contributed by atoms with Gasteiger partial charge in [0.2, 0.25) is 0 Å². The largest absolute Gasteiger partial charge is 0.378 e. The number of rotatable bonds is 3. The van der Waals surface area contributed by atoms with Crippen LogP contribution in [-0.4, -0.2) is 41.5 Å². The van der Waals surface area contributed by atoms with Crippen molar-refractivity contribution < 1.29 is 4.74 Å². The predicted molar refractivity (Wildman–Crippen MR) is 110 cm³/mol. The van der Waals surface area contributed by atoms with Crippen molar-refractivity contribution in [2.24, 2.45) is 0 Å². The first-order valence-corrected chi connectivity index (χ1v) is 9.95. The highest BCUT2D eigenvalue weighted by molar-refractivity contribution is 7.15. The third-order valence-electron chi connectivity index (χ3n) is 4.99. The molecule has 6 heteroatoms. The lowest BCUT2D eigenvalue weighted by molar-refractivity contribution is 0.122. The number of ether oxygens (including phenoxy) is 1. The molecule has 2 aromatic carbocycles. The summed E-state index contributed by atoms with van der Waals surface area (Å²) in [6.45, 7) is 5.62. The van der Waals surface area contributed by atoms with Crippen molar-refractivity contribution in [2.75, 3.05) is 31.2 Å². The minimum atomic E-state index is 0.800. The van der Waals surface area contributed by atoms with E-state index < -0.39 is 0 Å². The Morgan fingerprint density at radius 2 is 1.78 bits per heavy atom. The number of nitrogens with zero attached hydrogens (tertiary/aromatic N) is 3. The molecule has 4 aromatic rings. The van der Waals surface area contributed by atoms with Crippen LogP contribution in [-0.2, 0) is 4.74 Å². The van der Waals surface area contributed by atoms with Gasteiger partial charge in [0.25, 0.3) is 0 Å². The second-order valence-electron chi connectivity index (χ2n) is 6.69. The molecule has 1 aliphatic rings. The summed E-state index contributed by atoms with van der Waals surface area (Å²) in [5.41, 5.74) is 5.39. The number of aromatic nitrogens is 3. The lowest BCUT2D eigenvalue weighted by atomic mass is 10.1. The fourth-order valence-electron chi connectivity index (χ4n) is 3.54. The maximum absolute atomic E-state index is 5.44. The van der Waals surface area contributed by atoms with Crippen LogP contribution in [0.25, 0.3) is 32.9 Å². The summed E-state index contributed by atoms with van der Waals surface area (Å²) in [6.07, 6.45) is 0. The van der Waals surface area contributed by atoms with Gasteiger partial charge in [-0.05, 0) is 25.1 Å². The predicted octanol–water partition coefficient (Wildman–Crippen LogP) is 4.50. The summed E-state index contributed by atoms with van der Waals surface area (Å²) in [4.78, 5) is 8.49. The van der Waals surface area contributed by atoms with Crippen molar-refractivity contribution in [2.45, 2.75) is 6.92 Å². The van der Waals surface area contributed by atoms with E-state index in [1.165, 1.54) is 10.6 Å². The minimum Gasteiger partial charge on any atom is -0.378 e. The first-order valence-electron chi connectivity index (χ1n) is 9.13. The average molecular weight is 376 g/mol. The molecule has 0 unspecified atom stereocenters. The second kappa shape index (κ2) is 6.79. The molecule has 0 spiro atoms. The number of morpholine rings is 1. The van der Waals surface area contributed by atoms with Crippen molar-refractivity contribution in [3.05, 3.63) is 53.4 Å². The summed E-state index contributed by atoms with van der Waals surface area (Å²) in [6, 6.07) is 16.9. The van der Waals surface area contributed by atoms with Crippen LogP contribution in [0.3, 0.4) is 0 Å². The molecule has 1 saturated heterocycles. The molecule has 0 radical (unpaired) electrons. The standard InChI is InChI=1S/C21H20N4OS/c1-14-19(15-6-8-16(9-7-15)25-10-12-26-13-11-25)22-21(27-14)20-17-4-2-3-5-18(17)23-24-20/h2-9H,10-13H2,1H3,(H,23,24). The molecular weight excluding hydrogens is 356 g/mol. The lowest BCUT2D eigenvalue weighted by Crippen LogP contribution is -2.36. The Morgan fingerprint density at radius 1 is 1.00 bits per heavy atom. The summed E-state index contributed by atoms with van der Waals surface area (Å²) < 4.78 is 5.44. The van der Waals surface area contributed by atoms with E-state index in [2.05, 4.69) is 52.4 Å². The van der Waals surface area contributed by atoms with E-state index in [-0.39, 0.29) is 0 Å². The van der Waals surface area contributed by atoms with Gasteiger partial charge in [-0.3, -0.25) is 5.10 Å². The Hall–Kier alpha value is -2.70. The summed E-state index contributed by atoms with van der Waals surface area (Å²) >= 11 is 1.69. The van der Waals surface area contributed by atoms with Gasteiger partial charge in [0.15, 0.2) is 0 Å². The number of fused-ring (bicyclic) bond motifs is 1. The average Bonchev–Trinajstić information content (AvgIpc) is 3.32. The topological polar surface area (TPSA) is 54.0 Å². The van der Waals surface area contributed by atoms with Crippen molar-refractivity contribution in [3.8, 4) is 22.0 Å². The van der Waals surface area contributed by atoms with Crippen LogP contribution in [0.1, 0.15) is 4.88 Å². The highest BCUT2D eigenvalue weighted by Gasteiger charge is 2.16. The van der Waals surface area contributed by atoms with Crippen LogP contribution in [0, 0.1) is 6.92 Å². The molecule has 0 amide bonds. The van der Waals surface area contributed by atoms with Crippen molar-refractivity contribution in [1.29, 1.82) is 0 Å². The first-order chi connectivity index (χ1) is 13.3. The van der Waals surface area contributed by atoms with Gasteiger partial charge in [-0.2, -0.15) is 5.10 Å². The zero-order chi connectivity index (χ0) is 18.2. The highest BCUT2D eigenvalue weighted by atomic mass is 32.1. The van der Waals surface area contributed by atoms with E-state index in [4.69, 9.17) is 9.72 Å².